The van der Waals surface area contributed by atoms with Crippen molar-refractivity contribution in [3.63, 3.8) is 0 Å². The third-order valence-electron chi connectivity index (χ3n) is 4.23. The largest absolute Gasteiger partial charge is 0.495 e. The first kappa shape index (κ1) is 21.6. The first-order chi connectivity index (χ1) is 14.4. The van der Waals surface area contributed by atoms with E-state index in [9.17, 15) is 13.2 Å². The van der Waals surface area contributed by atoms with E-state index in [4.69, 9.17) is 15.9 Å². The van der Waals surface area contributed by atoms with Gasteiger partial charge in [0, 0.05) is 0 Å². The van der Waals surface area contributed by atoms with Gasteiger partial charge in [0.05, 0.1) is 26.5 Å². The van der Waals surface area contributed by atoms with Gasteiger partial charge in [-0.2, -0.15) is 4.99 Å². The summed E-state index contributed by atoms with van der Waals surface area (Å²) in [7, 11) is -0.615. The van der Waals surface area contributed by atoms with Gasteiger partial charge in [0.2, 0.25) is 0 Å². The van der Waals surface area contributed by atoms with Crippen molar-refractivity contribution in [2.45, 2.75) is 12.3 Å². The number of fused-ring (bicyclic) bond motifs is 1. The highest BCUT2D eigenvalue weighted by atomic mass is 32.2. The van der Waals surface area contributed by atoms with Crippen molar-refractivity contribution in [2.75, 3.05) is 20.0 Å². The smallest absolute Gasteiger partial charge is 0.263 e. The summed E-state index contributed by atoms with van der Waals surface area (Å²) >= 11 is 1.18. The Kier molecular flexibility index (Phi) is 6.59. The van der Waals surface area contributed by atoms with E-state index in [1.54, 1.807) is 47.0 Å². The molecule has 0 bridgehead atoms. The van der Waals surface area contributed by atoms with E-state index in [-0.39, 0.29) is 17.1 Å². The van der Waals surface area contributed by atoms with Crippen molar-refractivity contribution < 1.29 is 22.7 Å². The molecule has 7 nitrogen and oxygen atoms in total. The van der Waals surface area contributed by atoms with Gasteiger partial charge in [-0.05, 0) is 17.7 Å². The minimum absolute atomic E-state index is 0.131. The summed E-state index contributed by atoms with van der Waals surface area (Å²) in [6.45, 7) is 0.131. The van der Waals surface area contributed by atoms with Gasteiger partial charge in [-0.25, -0.2) is 8.42 Å². The molecule has 0 saturated heterocycles. The van der Waals surface area contributed by atoms with E-state index in [1.165, 1.54) is 25.6 Å². The molecule has 0 aliphatic rings. The molecular weight excluding hydrogens is 424 g/mol. The van der Waals surface area contributed by atoms with E-state index in [0.29, 0.717) is 27.3 Å². The van der Waals surface area contributed by atoms with Crippen LogP contribution in [-0.4, -0.2) is 38.9 Å². The number of hydrogen-bond donors (Lipinski definition) is 0. The quantitative estimate of drug-likeness (QED) is 0.522. The van der Waals surface area contributed by atoms with Crippen LogP contribution in [0.5, 0.6) is 11.5 Å². The van der Waals surface area contributed by atoms with Gasteiger partial charge < -0.3 is 14.0 Å². The summed E-state index contributed by atoms with van der Waals surface area (Å²) in [5, 5.41) is 0. The highest BCUT2D eigenvalue weighted by Gasteiger charge is 2.19. The van der Waals surface area contributed by atoms with Crippen LogP contribution >= 0.6 is 11.3 Å². The highest BCUT2D eigenvalue weighted by molar-refractivity contribution is 7.91. The highest BCUT2D eigenvalue weighted by Crippen LogP contribution is 2.35. The average molecular weight is 445 g/mol. The molecule has 0 saturated carbocycles. The normalized spacial score (nSPS) is 12.0. The summed E-state index contributed by atoms with van der Waals surface area (Å²) in [4.78, 5) is 16.8. The van der Waals surface area contributed by atoms with Crippen molar-refractivity contribution in [3.05, 3.63) is 52.8 Å². The minimum atomic E-state index is -3.67. The number of rotatable bonds is 7. The molecule has 0 aliphatic heterocycles. The first-order valence-corrected chi connectivity index (χ1v) is 11.5. The third kappa shape index (κ3) is 4.72. The van der Waals surface area contributed by atoms with Crippen LogP contribution in [0.2, 0.25) is 0 Å². The Morgan fingerprint density at radius 3 is 2.43 bits per heavy atom. The molecule has 30 heavy (non-hydrogen) atoms. The molecule has 0 atom stereocenters. The molecule has 0 aliphatic carbocycles. The van der Waals surface area contributed by atoms with Gasteiger partial charge in [0.15, 0.2) is 14.6 Å². The second-order valence-corrected chi connectivity index (χ2v) is 9.39. The maximum absolute atomic E-state index is 12.5. The van der Waals surface area contributed by atoms with E-state index >= 15 is 0 Å². The second-order valence-electron chi connectivity index (χ2n) is 6.35. The van der Waals surface area contributed by atoms with Gasteiger partial charge >= 0.3 is 0 Å². The molecular formula is C21H20N2O5S2. The summed E-state index contributed by atoms with van der Waals surface area (Å²) < 4.78 is 38.0. The summed E-state index contributed by atoms with van der Waals surface area (Å²) in [6, 6.07) is 12.2. The molecule has 0 unspecified atom stereocenters. The lowest BCUT2D eigenvalue weighted by Gasteiger charge is -2.08. The van der Waals surface area contributed by atoms with Gasteiger partial charge in [-0.3, -0.25) is 4.79 Å². The zero-order valence-electron chi connectivity index (χ0n) is 16.5. The lowest BCUT2D eigenvalue weighted by Crippen LogP contribution is -2.21. The molecule has 2 aromatic carbocycles. The Hall–Kier alpha value is -3.09. The molecule has 156 valence electrons. The Morgan fingerprint density at radius 1 is 1.13 bits per heavy atom. The van der Waals surface area contributed by atoms with Crippen LogP contribution < -0.4 is 14.3 Å². The Labute approximate surface area is 178 Å². The number of carbonyl (C=O) groups is 1. The number of amides is 1. The van der Waals surface area contributed by atoms with E-state index in [1.807, 2.05) is 0 Å². The maximum atomic E-state index is 12.5. The fourth-order valence-corrected chi connectivity index (χ4v) is 5.38. The molecule has 0 fully saturated rings. The number of carbonyl (C=O) groups excluding carboxylic acids is 1. The number of methoxy groups -OCH3 is 2. The number of terminal acetylenes is 1. The summed E-state index contributed by atoms with van der Waals surface area (Å²) in [5.74, 6) is 1.96. The molecule has 1 amide bonds. The molecule has 3 aromatic rings. The van der Waals surface area contributed by atoms with E-state index in [0.717, 1.165) is 0 Å². The standard InChI is InChI=1S/C21H20N2O5S2/c1-4-12-23-19-16(27-2)10-11-17(28-3)20(19)29-21(23)22-18(24)14-30(25,26)13-15-8-6-5-7-9-15/h1,5-11H,12-14H2,2-3H3. The molecule has 1 aromatic heterocycles. The summed E-state index contributed by atoms with van der Waals surface area (Å²) in [6.07, 6.45) is 5.50. The number of hydrogen-bond acceptors (Lipinski definition) is 6. The van der Waals surface area contributed by atoms with Gasteiger partial charge in [0.25, 0.3) is 5.91 Å². The number of ether oxygens (including phenoxy) is 2. The molecule has 3 rings (SSSR count). The SMILES string of the molecule is C#CCn1c(=NC(=O)CS(=O)(=O)Cc2ccccc2)sc2c(OC)ccc(OC)c21. The topological polar surface area (TPSA) is 87.0 Å². The lowest BCUT2D eigenvalue weighted by atomic mass is 10.2. The molecule has 1 heterocycles. The predicted octanol–water partition coefficient (Wildman–Crippen LogP) is 2.40. The van der Waals surface area contributed by atoms with E-state index < -0.39 is 21.5 Å². The van der Waals surface area contributed by atoms with Crippen molar-refractivity contribution in [1.82, 2.24) is 4.57 Å². The lowest BCUT2D eigenvalue weighted by molar-refractivity contribution is -0.115. The summed E-state index contributed by atoms with van der Waals surface area (Å²) in [5.41, 5.74) is 1.25. The zero-order chi connectivity index (χ0) is 21.7. The van der Waals surface area contributed by atoms with Crippen LogP contribution in [0.4, 0.5) is 0 Å². The first-order valence-electron chi connectivity index (χ1n) is 8.88. The Bertz CT molecular complexity index is 1280. The van der Waals surface area contributed by atoms with Crippen LogP contribution in [-0.2, 0) is 26.9 Å². The minimum Gasteiger partial charge on any atom is -0.495 e. The number of benzene rings is 2. The van der Waals surface area contributed by atoms with Crippen LogP contribution in [0.25, 0.3) is 10.2 Å². The Morgan fingerprint density at radius 2 is 1.80 bits per heavy atom. The van der Waals surface area contributed by atoms with Gasteiger partial charge in [-0.1, -0.05) is 47.6 Å². The molecule has 0 N–H and O–H groups in total. The number of sulfone groups is 1. The molecule has 9 heteroatoms. The fraction of sp³-hybridized carbons (Fsp3) is 0.238. The second kappa shape index (κ2) is 9.15. The maximum Gasteiger partial charge on any atom is 0.263 e. The molecule has 0 radical (unpaired) electrons. The average Bonchev–Trinajstić information content (AvgIpc) is 3.05. The fourth-order valence-electron chi connectivity index (χ4n) is 2.98. The van der Waals surface area contributed by atoms with Crippen molar-refractivity contribution in [3.8, 4) is 23.8 Å². The number of thiazole rings is 1. The predicted molar refractivity (Wildman–Crippen MR) is 116 cm³/mol. The van der Waals surface area contributed by atoms with Crippen LogP contribution in [0.3, 0.4) is 0 Å². The van der Waals surface area contributed by atoms with Crippen LogP contribution in [0.1, 0.15) is 5.56 Å². The van der Waals surface area contributed by atoms with Crippen molar-refractivity contribution in [2.24, 2.45) is 4.99 Å². The van der Waals surface area contributed by atoms with Crippen molar-refractivity contribution in [1.29, 1.82) is 0 Å². The van der Waals surface area contributed by atoms with Crippen LogP contribution in [0, 0.1) is 12.3 Å². The third-order valence-corrected chi connectivity index (χ3v) is 6.79. The van der Waals surface area contributed by atoms with Gasteiger partial charge in [-0.15, -0.1) is 6.42 Å². The molecule has 0 spiro atoms. The zero-order valence-corrected chi connectivity index (χ0v) is 18.1. The number of nitrogens with zero attached hydrogens (tertiary/aromatic N) is 2. The van der Waals surface area contributed by atoms with Gasteiger partial charge in [0.1, 0.15) is 27.5 Å². The van der Waals surface area contributed by atoms with Crippen molar-refractivity contribution >= 4 is 37.3 Å². The van der Waals surface area contributed by atoms with E-state index in [2.05, 4.69) is 10.9 Å². The number of aromatic nitrogens is 1. The Balaban J connectivity index is 2.01. The monoisotopic (exact) mass is 444 g/mol. The van der Waals surface area contributed by atoms with Crippen LogP contribution in [0.15, 0.2) is 47.5 Å².